The van der Waals surface area contributed by atoms with Crippen LogP contribution in [0.4, 0.5) is 4.79 Å². The highest BCUT2D eigenvalue weighted by atomic mass is 16.6. The van der Waals surface area contributed by atoms with Crippen molar-refractivity contribution in [1.29, 1.82) is 0 Å². The van der Waals surface area contributed by atoms with Gasteiger partial charge in [-0.2, -0.15) is 0 Å². The number of ether oxygens (including phenoxy) is 1. The molecule has 2 aromatic rings. The van der Waals surface area contributed by atoms with Crippen molar-refractivity contribution in [3.05, 3.63) is 71.8 Å². The summed E-state index contributed by atoms with van der Waals surface area (Å²) in [5, 5.41) is 2.70. The molecule has 0 aromatic heterocycles. The number of hydrogen-bond acceptors (Lipinski definition) is 3. The average molecular weight is 281 g/mol. The SMILES string of the molecule is O=C1NC(Cc2ccccc2)(Cc2ccccc2)C(=O)O1. The third-order valence-corrected chi connectivity index (χ3v) is 3.61. The zero-order chi connectivity index (χ0) is 14.7. The number of carbonyl (C=O) groups excluding carboxylic acids is 2. The Bertz CT molecular complexity index is 611. The summed E-state index contributed by atoms with van der Waals surface area (Å²) in [5.74, 6) is -0.514. The van der Waals surface area contributed by atoms with E-state index in [4.69, 9.17) is 4.74 Å². The lowest BCUT2D eigenvalue weighted by atomic mass is 9.85. The number of carbonyl (C=O) groups is 2. The summed E-state index contributed by atoms with van der Waals surface area (Å²) in [4.78, 5) is 23.7. The first-order valence-electron chi connectivity index (χ1n) is 6.80. The van der Waals surface area contributed by atoms with Gasteiger partial charge in [-0.15, -0.1) is 0 Å². The highest BCUT2D eigenvalue weighted by molar-refractivity contribution is 5.99. The van der Waals surface area contributed by atoms with E-state index in [9.17, 15) is 9.59 Å². The van der Waals surface area contributed by atoms with Crippen LogP contribution < -0.4 is 5.32 Å². The van der Waals surface area contributed by atoms with Crippen LogP contribution in [0.3, 0.4) is 0 Å². The lowest BCUT2D eigenvalue weighted by Gasteiger charge is -2.24. The van der Waals surface area contributed by atoms with Crippen LogP contribution in [-0.2, 0) is 22.4 Å². The van der Waals surface area contributed by atoms with Crippen LogP contribution in [0.2, 0.25) is 0 Å². The van der Waals surface area contributed by atoms with E-state index in [0.29, 0.717) is 12.8 Å². The molecule has 0 saturated carbocycles. The van der Waals surface area contributed by atoms with Gasteiger partial charge in [0.25, 0.3) is 0 Å². The fraction of sp³-hybridized carbons (Fsp3) is 0.176. The van der Waals surface area contributed by atoms with E-state index in [0.717, 1.165) is 11.1 Å². The number of rotatable bonds is 4. The van der Waals surface area contributed by atoms with Gasteiger partial charge in [0.2, 0.25) is 0 Å². The van der Waals surface area contributed by atoms with E-state index in [1.165, 1.54) is 0 Å². The van der Waals surface area contributed by atoms with Gasteiger partial charge < -0.3 is 10.1 Å². The number of cyclic esters (lactones) is 2. The number of amides is 1. The van der Waals surface area contributed by atoms with Crippen LogP contribution in [0.1, 0.15) is 11.1 Å². The first-order valence-corrected chi connectivity index (χ1v) is 6.80. The van der Waals surface area contributed by atoms with Crippen molar-refractivity contribution < 1.29 is 14.3 Å². The van der Waals surface area contributed by atoms with Crippen LogP contribution in [0, 0.1) is 0 Å². The minimum absolute atomic E-state index is 0.410. The lowest BCUT2D eigenvalue weighted by molar-refractivity contribution is -0.139. The smallest absolute Gasteiger partial charge is 0.374 e. The topological polar surface area (TPSA) is 55.4 Å². The number of benzene rings is 2. The fourth-order valence-corrected chi connectivity index (χ4v) is 2.64. The van der Waals surface area contributed by atoms with Crippen LogP contribution >= 0.6 is 0 Å². The minimum Gasteiger partial charge on any atom is -0.374 e. The van der Waals surface area contributed by atoms with Gasteiger partial charge in [-0.3, -0.25) is 0 Å². The summed E-state index contributed by atoms with van der Waals surface area (Å²) in [5.41, 5.74) is 0.930. The molecular weight excluding hydrogens is 266 g/mol. The maximum absolute atomic E-state index is 12.2. The standard InChI is InChI=1S/C17H15NO3/c19-15-17(18-16(20)21-15,11-13-7-3-1-4-8-13)12-14-9-5-2-6-10-14/h1-10H,11-12H2,(H,18,20). The van der Waals surface area contributed by atoms with Crippen molar-refractivity contribution in [3.63, 3.8) is 0 Å². The molecule has 1 amide bonds. The highest BCUT2D eigenvalue weighted by Crippen LogP contribution is 2.25. The van der Waals surface area contributed by atoms with Gasteiger partial charge >= 0.3 is 12.1 Å². The Hall–Kier alpha value is -2.62. The first-order chi connectivity index (χ1) is 10.2. The molecule has 21 heavy (non-hydrogen) atoms. The molecule has 0 atom stereocenters. The summed E-state index contributed by atoms with van der Waals surface area (Å²) >= 11 is 0. The van der Waals surface area contributed by atoms with Gasteiger partial charge in [0.15, 0.2) is 0 Å². The molecule has 1 saturated heterocycles. The number of hydrogen-bond donors (Lipinski definition) is 1. The molecular formula is C17H15NO3. The second kappa shape index (κ2) is 5.40. The summed E-state index contributed by atoms with van der Waals surface area (Å²) in [6.07, 6.45) is 0.146. The lowest BCUT2D eigenvalue weighted by Crippen LogP contribution is -2.50. The van der Waals surface area contributed by atoms with E-state index in [1.807, 2.05) is 60.7 Å². The van der Waals surface area contributed by atoms with E-state index in [1.54, 1.807) is 0 Å². The molecule has 0 aliphatic carbocycles. The molecule has 3 rings (SSSR count). The largest absolute Gasteiger partial charge is 0.415 e. The molecule has 0 bridgehead atoms. The van der Waals surface area contributed by atoms with Gasteiger partial charge in [-0.1, -0.05) is 60.7 Å². The molecule has 0 spiro atoms. The van der Waals surface area contributed by atoms with Crippen molar-refractivity contribution in [2.75, 3.05) is 0 Å². The Labute approximate surface area is 122 Å². The summed E-state index contributed by atoms with van der Waals surface area (Å²) < 4.78 is 4.73. The predicted molar refractivity (Wildman–Crippen MR) is 77.6 cm³/mol. The molecule has 4 heteroatoms. The number of alkyl carbamates (subject to hydrolysis) is 1. The quantitative estimate of drug-likeness (QED) is 0.692. The van der Waals surface area contributed by atoms with Crippen LogP contribution in [0.25, 0.3) is 0 Å². The molecule has 106 valence electrons. The van der Waals surface area contributed by atoms with E-state index >= 15 is 0 Å². The minimum atomic E-state index is -1.03. The Kier molecular flexibility index (Phi) is 3.44. The van der Waals surface area contributed by atoms with E-state index < -0.39 is 17.6 Å². The van der Waals surface area contributed by atoms with Gasteiger partial charge in [0.1, 0.15) is 5.54 Å². The molecule has 0 unspecified atom stereocenters. The Morgan fingerprint density at radius 1 is 0.810 bits per heavy atom. The van der Waals surface area contributed by atoms with Gasteiger partial charge in [-0.05, 0) is 11.1 Å². The Balaban J connectivity index is 1.92. The van der Waals surface area contributed by atoms with Gasteiger partial charge in [0, 0.05) is 12.8 Å². The maximum Gasteiger partial charge on any atom is 0.415 e. The Morgan fingerprint density at radius 3 is 1.67 bits per heavy atom. The number of nitrogens with one attached hydrogen (secondary N) is 1. The monoisotopic (exact) mass is 281 g/mol. The van der Waals surface area contributed by atoms with Crippen molar-refractivity contribution in [1.82, 2.24) is 5.32 Å². The molecule has 1 fully saturated rings. The summed E-state index contributed by atoms with van der Waals surface area (Å²) in [7, 11) is 0. The van der Waals surface area contributed by atoms with E-state index in [2.05, 4.69) is 5.32 Å². The van der Waals surface area contributed by atoms with Gasteiger partial charge in [0.05, 0.1) is 0 Å². The average Bonchev–Trinajstić information content (AvgIpc) is 2.75. The third-order valence-electron chi connectivity index (χ3n) is 3.61. The van der Waals surface area contributed by atoms with Crippen molar-refractivity contribution in [2.24, 2.45) is 0 Å². The molecule has 1 N–H and O–H groups in total. The molecule has 4 nitrogen and oxygen atoms in total. The van der Waals surface area contributed by atoms with Gasteiger partial charge in [-0.25, -0.2) is 9.59 Å². The second-order valence-electron chi connectivity index (χ2n) is 5.21. The third kappa shape index (κ3) is 2.79. The zero-order valence-corrected chi connectivity index (χ0v) is 11.4. The molecule has 0 radical (unpaired) electrons. The summed E-state index contributed by atoms with van der Waals surface area (Å²) in [6, 6.07) is 19.2. The molecule has 1 aliphatic heterocycles. The molecule has 1 aliphatic rings. The first kappa shape index (κ1) is 13.4. The Morgan fingerprint density at radius 2 is 1.29 bits per heavy atom. The number of esters is 1. The maximum atomic E-state index is 12.2. The summed E-state index contributed by atoms with van der Waals surface area (Å²) in [6.45, 7) is 0. The van der Waals surface area contributed by atoms with Crippen LogP contribution in [-0.4, -0.2) is 17.6 Å². The fourth-order valence-electron chi connectivity index (χ4n) is 2.64. The molecule has 1 heterocycles. The van der Waals surface area contributed by atoms with Crippen molar-refractivity contribution in [3.8, 4) is 0 Å². The zero-order valence-electron chi connectivity index (χ0n) is 11.4. The normalized spacial score (nSPS) is 16.4. The van der Waals surface area contributed by atoms with Crippen molar-refractivity contribution >= 4 is 12.1 Å². The molecule has 2 aromatic carbocycles. The van der Waals surface area contributed by atoms with Crippen molar-refractivity contribution in [2.45, 2.75) is 18.4 Å². The van der Waals surface area contributed by atoms with Crippen LogP contribution in [0.15, 0.2) is 60.7 Å². The highest BCUT2D eigenvalue weighted by Gasteiger charge is 2.48. The second-order valence-corrected chi connectivity index (χ2v) is 5.21. The van der Waals surface area contributed by atoms with E-state index in [-0.39, 0.29) is 0 Å². The predicted octanol–water partition coefficient (Wildman–Crippen LogP) is 2.48. The van der Waals surface area contributed by atoms with Crippen LogP contribution in [0.5, 0.6) is 0 Å².